The first-order valence-electron chi connectivity index (χ1n) is 9.13. The van der Waals surface area contributed by atoms with Gasteiger partial charge in [-0.15, -0.1) is 0 Å². The first-order chi connectivity index (χ1) is 13.3. The smallest absolute Gasteiger partial charge is 0.259 e. The summed E-state index contributed by atoms with van der Waals surface area (Å²) >= 11 is 0. The van der Waals surface area contributed by atoms with Gasteiger partial charge in [-0.05, 0) is 42.8 Å². The fourth-order valence-electron chi connectivity index (χ4n) is 2.57. The summed E-state index contributed by atoms with van der Waals surface area (Å²) in [6.45, 7) is 2.69. The summed E-state index contributed by atoms with van der Waals surface area (Å²) in [5.41, 5.74) is 1.11. The normalized spacial score (nSPS) is 10.3. The molecule has 0 unspecified atom stereocenters. The highest BCUT2D eigenvalue weighted by molar-refractivity contribution is 6.06. The van der Waals surface area contributed by atoms with E-state index in [4.69, 9.17) is 9.47 Å². The molecule has 3 aromatic rings. The predicted molar refractivity (Wildman–Crippen MR) is 108 cm³/mol. The van der Waals surface area contributed by atoms with Gasteiger partial charge in [0.15, 0.2) is 5.75 Å². The third kappa shape index (κ3) is 5.11. The summed E-state index contributed by atoms with van der Waals surface area (Å²) in [5, 5.41) is 2.93. The number of ether oxygens (including phenoxy) is 2. The van der Waals surface area contributed by atoms with Crippen molar-refractivity contribution >= 4 is 11.6 Å². The predicted octanol–water partition coefficient (Wildman–Crippen LogP) is 5.91. The molecule has 0 aliphatic rings. The zero-order valence-corrected chi connectivity index (χ0v) is 15.4. The molecular weight excluding hydrogens is 338 g/mol. The van der Waals surface area contributed by atoms with Crippen LogP contribution in [-0.4, -0.2) is 12.5 Å². The molecule has 1 amide bonds. The molecule has 27 heavy (non-hydrogen) atoms. The van der Waals surface area contributed by atoms with Crippen LogP contribution in [0.2, 0.25) is 0 Å². The quantitative estimate of drug-likeness (QED) is 0.507. The molecule has 0 saturated carbocycles. The van der Waals surface area contributed by atoms with Crippen LogP contribution in [0.4, 0.5) is 5.69 Å². The number of anilines is 1. The minimum Gasteiger partial charge on any atom is -0.493 e. The fourth-order valence-corrected chi connectivity index (χ4v) is 2.57. The van der Waals surface area contributed by atoms with Gasteiger partial charge in [0.05, 0.1) is 17.9 Å². The average Bonchev–Trinajstić information content (AvgIpc) is 2.71. The zero-order valence-electron chi connectivity index (χ0n) is 15.4. The average molecular weight is 361 g/mol. The van der Waals surface area contributed by atoms with Gasteiger partial charge < -0.3 is 14.8 Å². The van der Waals surface area contributed by atoms with Crippen LogP contribution >= 0.6 is 0 Å². The van der Waals surface area contributed by atoms with Crippen LogP contribution in [0.25, 0.3) is 0 Å². The maximum Gasteiger partial charge on any atom is 0.259 e. The number of hydrogen-bond donors (Lipinski definition) is 1. The molecular formula is C23H23NO3. The lowest BCUT2D eigenvalue weighted by Gasteiger charge is -2.14. The largest absolute Gasteiger partial charge is 0.493 e. The fraction of sp³-hybridized carbons (Fsp3) is 0.174. The van der Waals surface area contributed by atoms with Crippen LogP contribution < -0.4 is 14.8 Å². The molecule has 3 aromatic carbocycles. The molecule has 138 valence electrons. The molecule has 0 aliphatic carbocycles. The van der Waals surface area contributed by atoms with E-state index in [0.717, 1.165) is 12.8 Å². The van der Waals surface area contributed by atoms with Gasteiger partial charge in [-0.1, -0.05) is 55.8 Å². The molecule has 0 aromatic heterocycles. The van der Waals surface area contributed by atoms with Crippen molar-refractivity contribution in [2.45, 2.75) is 19.8 Å². The number of rotatable bonds is 8. The Hall–Kier alpha value is -3.27. The Bertz CT molecular complexity index is 878. The number of hydrogen-bond acceptors (Lipinski definition) is 3. The maximum absolute atomic E-state index is 12.8. The van der Waals surface area contributed by atoms with Gasteiger partial charge in [0.1, 0.15) is 11.5 Å². The van der Waals surface area contributed by atoms with Crippen molar-refractivity contribution in [3.8, 4) is 17.2 Å². The van der Waals surface area contributed by atoms with E-state index < -0.39 is 0 Å². The second-order valence-electron chi connectivity index (χ2n) is 6.06. The van der Waals surface area contributed by atoms with E-state index in [-0.39, 0.29) is 5.91 Å². The van der Waals surface area contributed by atoms with E-state index >= 15 is 0 Å². The van der Waals surface area contributed by atoms with E-state index in [1.165, 1.54) is 0 Å². The molecule has 4 heteroatoms. The molecule has 0 bridgehead atoms. The molecule has 1 N–H and O–H groups in total. The minimum absolute atomic E-state index is 0.230. The van der Waals surface area contributed by atoms with Gasteiger partial charge in [-0.3, -0.25) is 4.79 Å². The molecule has 0 saturated heterocycles. The van der Waals surface area contributed by atoms with Crippen molar-refractivity contribution in [3.63, 3.8) is 0 Å². The topological polar surface area (TPSA) is 47.6 Å². The number of carbonyl (C=O) groups excluding carboxylic acids is 1. The second kappa shape index (κ2) is 9.43. The van der Waals surface area contributed by atoms with Gasteiger partial charge >= 0.3 is 0 Å². The molecule has 0 aliphatic heterocycles. The summed E-state index contributed by atoms with van der Waals surface area (Å²) < 4.78 is 11.7. The third-order valence-electron chi connectivity index (χ3n) is 3.99. The zero-order chi connectivity index (χ0) is 18.9. The Balaban J connectivity index is 1.77. The van der Waals surface area contributed by atoms with Crippen molar-refractivity contribution in [1.82, 2.24) is 0 Å². The standard InChI is InChI=1S/C23H23NO3/c1-2-3-17-26-21-15-9-7-13-19(21)23(25)24-20-14-8-10-16-22(20)27-18-11-5-4-6-12-18/h4-16H,2-3,17H2,1H3,(H,24,25). The lowest BCUT2D eigenvalue weighted by atomic mass is 10.1. The molecule has 3 rings (SSSR count). The number of unbranched alkanes of at least 4 members (excludes halogenated alkanes) is 1. The summed E-state index contributed by atoms with van der Waals surface area (Å²) in [7, 11) is 0. The Labute approximate surface area is 159 Å². The highest BCUT2D eigenvalue weighted by atomic mass is 16.5. The van der Waals surface area contributed by atoms with Gasteiger partial charge in [0, 0.05) is 0 Å². The van der Waals surface area contributed by atoms with Crippen molar-refractivity contribution in [2.24, 2.45) is 0 Å². The van der Waals surface area contributed by atoms with Gasteiger partial charge in [-0.2, -0.15) is 0 Å². The van der Waals surface area contributed by atoms with E-state index in [2.05, 4.69) is 12.2 Å². The maximum atomic E-state index is 12.8. The van der Waals surface area contributed by atoms with Gasteiger partial charge in [0.25, 0.3) is 5.91 Å². The number of amides is 1. The summed E-state index contributed by atoms with van der Waals surface area (Å²) in [6.07, 6.45) is 1.99. The minimum atomic E-state index is -0.230. The summed E-state index contributed by atoms with van der Waals surface area (Å²) in [4.78, 5) is 12.8. The van der Waals surface area contributed by atoms with E-state index in [1.54, 1.807) is 6.07 Å². The first kappa shape index (κ1) is 18.5. The van der Waals surface area contributed by atoms with Gasteiger partial charge in [0.2, 0.25) is 0 Å². The van der Waals surface area contributed by atoms with Crippen LogP contribution in [0.5, 0.6) is 17.2 Å². The number of nitrogens with one attached hydrogen (secondary N) is 1. The Kier molecular flexibility index (Phi) is 6.47. The van der Waals surface area contributed by atoms with E-state index in [9.17, 15) is 4.79 Å². The molecule has 0 spiro atoms. The highest BCUT2D eigenvalue weighted by Gasteiger charge is 2.14. The van der Waals surface area contributed by atoms with Crippen LogP contribution in [0.1, 0.15) is 30.1 Å². The molecule has 0 heterocycles. The van der Waals surface area contributed by atoms with Crippen LogP contribution in [0.15, 0.2) is 78.9 Å². The van der Waals surface area contributed by atoms with Crippen molar-refractivity contribution in [2.75, 3.05) is 11.9 Å². The second-order valence-corrected chi connectivity index (χ2v) is 6.06. The van der Waals surface area contributed by atoms with Crippen LogP contribution in [0.3, 0.4) is 0 Å². The Morgan fingerprint density at radius 1 is 0.852 bits per heavy atom. The first-order valence-corrected chi connectivity index (χ1v) is 9.13. The van der Waals surface area contributed by atoms with Gasteiger partial charge in [-0.25, -0.2) is 0 Å². The Morgan fingerprint density at radius 3 is 2.30 bits per heavy atom. The SMILES string of the molecule is CCCCOc1ccccc1C(=O)Nc1ccccc1Oc1ccccc1. The van der Waals surface area contributed by atoms with Crippen LogP contribution in [-0.2, 0) is 0 Å². The van der Waals surface area contributed by atoms with Crippen molar-refractivity contribution in [1.29, 1.82) is 0 Å². The third-order valence-corrected chi connectivity index (χ3v) is 3.99. The number of para-hydroxylation sites is 4. The molecule has 0 radical (unpaired) electrons. The molecule has 0 fully saturated rings. The monoisotopic (exact) mass is 361 g/mol. The highest BCUT2D eigenvalue weighted by Crippen LogP contribution is 2.30. The number of benzene rings is 3. The molecule has 4 nitrogen and oxygen atoms in total. The van der Waals surface area contributed by atoms with E-state index in [1.807, 2.05) is 72.8 Å². The lowest BCUT2D eigenvalue weighted by molar-refractivity contribution is 0.102. The van der Waals surface area contributed by atoms with E-state index in [0.29, 0.717) is 35.1 Å². The van der Waals surface area contributed by atoms with Crippen LogP contribution in [0, 0.1) is 0 Å². The lowest BCUT2D eigenvalue weighted by Crippen LogP contribution is -2.14. The molecule has 0 atom stereocenters. The van der Waals surface area contributed by atoms with Crippen molar-refractivity contribution < 1.29 is 14.3 Å². The summed E-state index contributed by atoms with van der Waals surface area (Å²) in [5.74, 6) is 1.65. The Morgan fingerprint density at radius 2 is 1.52 bits per heavy atom. The summed E-state index contributed by atoms with van der Waals surface area (Å²) in [6, 6.07) is 24.1. The van der Waals surface area contributed by atoms with Crippen molar-refractivity contribution in [3.05, 3.63) is 84.4 Å². The number of carbonyl (C=O) groups is 1.